The van der Waals surface area contributed by atoms with Crippen molar-refractivity contribution >= 4 is 11.9 Å². The van der Waals surface area contributed by atoms with Crippen LogP contribution in [-0.4, -0.2) is 36.0 Å². The second-order valence-electron chi connectivity index (χ2n) is 3.52. The Morgan fingerprint density at radius 3 is 2.67 bits per heavy atom. The van der Waals surface area contributed by atoms with E-state index in [1.165, 1.54) is 0 Å². The summed E-state index contributed by atoms with van der Waals surface area (Å²) in [6, 6.07) is 1.58. The lowest BCUT2D eigenvalue weighted by molar-refractivity contribution is -0.121. The van der Waals surface area contributed by atoms with Crippen LogP contribution in [0.3, 0.4) is 0 Å². The van der Waals surface area contributed by atoms with E-state index >= 15 is 0 Å². The summed E-state index contributed by atoms with van der Waals surface area (Å²) in [6.45, 7) is 0.697. The fraction of sp³-hybridized carbons (Fsp3) is 0.667. The number of nitrogens with one attached hydrogen (secondary N) is 1. The maximum atomic E-state index is 11.2. The number of hydrogen-bond donors (Lipinski definition) is 2. The van der Waals surface area contributed by atoms with E-state index < -0.39 is 11.9 Å². The molecule has 3 amide bonds. The number of urea groups is 1. The number of rotatable bonds is 5. The number of nitrogens with zero attached hydrogens (tertiary/aromatic N) is 2. The zero-order valence-electron chi connectivity index (χ0n) is 8.40. The lowest BCUT2D eigenvalue weighted by Gasteiger charge is -2.19. The molecule has 0 spiro atoms. The summed E-state index contributed by atoms with van der Waals surface area (Å²) in [6.07, 6.45) is 2.49. The Labute approximate surface area is 88.0 Å². The molecule has 6 nitrogen and oxygen atoms in total. The van der Waals surface area contributed by atoms with Crippen molar-refractivity contribution in [1.82, 2.24) is 10.2 Å². The number of carbonyl (C=O) groups is 2. The maximum absolute atomic E-state index is 11.2. The third kappa shape index (κ3) is 4.42. The fourth-order valence-corrected chi connectivity index (χ4v) is 1.39. The summed E-state index contributed by atoms with van der Waals surface area (Å²) in [5, 5.41) is 10.5. The third-order valence-corrected chi connectivity index (χ3v) is 2.18. The number of imide groups is 1. The van der Waals surface area contributed by atoms with Crippen LogP contribution in [0.5, 0.6) is 0 Å². The number of nitrogens with two attached hydrogens (primary N) is 1. The molecule has 1 rings (SSSR count). The van der Waals surface area contributed by atoms with Gasteiger partial charge in [-0.3, -0.25) is 15.0 Å². The van der Waals surface area contributed by atoms with Crippen molar-refractivity contribution in [3.63, 3.8) is 0 Å². The molecule has 1 aliphatic rings. The Balaban J connectivity index is 2.33. The maximum Gasteiger partial charge on any atom is 0.318 e. The lowest BCUT2D eigenvalue weighted by Crippen LogP contribution is -2.43. The summed E-state index contributed by atoms with van der Waals surface area (Å²) in [7, 11) is 0. The van der Waals surface area contributed by atoms with Crippen LogP contribution in [0, 0.1) is 11.3 Å². The first-order chi connectivity index (χ1) is 7.13. The first-order valence-corrected chi connectivity index (χ1v) is 4.83. The van der Waals surface area contributed by atoms with E-state index in [2.05, 4.69) is 0 Å². The zero-order chi connectivity index (χ0) is 11.3. The van der Waals surface area contributed by atoms with Crippen LogP contribution in [0.15, 0.2) is 0 Å². The minimum Gasteiger partial charge on any atom is -0.351 e. The summed E-state index contributed by atoms with van der Waals surface area (Å²) in [5.41, 5.74) is 4.82. The summed E-state index contributed by atoms with van der Waals surface area (Å²) < 4.78 is 0. The van der Waals surface area contributed by atoms with Gasteiger partial charge in [0.1, 0.15) is 0 Å². The highest BCUT2D eigenvalue weighted by molar-refractivity contribution is 5.94. The molecule has 0 aromatic rings. The molecule has 0 unspecified atom stereocenters. The van der Waals surface area contributed by atoms with Crippen LogP contribution in [0.25, 0.3) is 0 Å². The lowest BCUT2D eigenvalue weighted by atomic mass is 10.3. The number of carbonyl (C=O) groups excluding carboxylic acids is 2. The van der Waals surface area contributed by atoms with Crippen LogP contribution in [0.1, 0.15) is 19.3 Å². The molecular weight excluding hydrogens is 196 g/mol. The molecule has 0 saturated heterocycles. The smallest absolute Gasteiger partial charge is 0.318 e. The van der Waals surface area contributed by atoms with Gasteiger partial charge in [-0.2, -0.15) is 5.26 Å². The van der Waals surface area contributed by atoms with Gasteiger partial charge in [-0.05, 0) is 12.8 Å². The molecule has 0 radical (unpaired) electrons. The average molecular weight is 210 g/mol. The van der Waals surface area contributed by atoms with Gasteiger partial charge in [0.15, 0.2) is 0 Å². The van der Waals surface area contributed by atoms with Crippen molar-refractivity contribution in [2.75, 3.05) is 13.1 Å². The second-order valence-corrected chi connectivity index (χ2v) is 3.52. The molecule has 1 fully saturated rings. The van der Waals surface area contributed by atoms with Crippen molar-refractivity contribution in [2.45, 2.75) is 25.3 Å². The van der Waals surface area contributed by atoms with Gasteiger partial charge in [0.2, 0.25) is 5.91 Å². The van der Waals surface area contributed by atoms with E-state index in [-0.39, 0.29) is 6.54 Å². The predicted molar refractivity (Wildman–Crippen MR) is 52.6 cm³/mol. The van der Waals surface area contributed by atoms with Crippen molar-refractivity contribution in [1.29, 1.82) is 5.26 Å². The minimum absolute atomic E-state index is 0.134. The van der Waals surface area contributed by atoms with Crippen molar-refractivity contribution in [3.8, 4) is 6.07 Å². The number of nitriles is 1. The van der Waals surface area contributed by atoms with E-state index in [0.29, 0.717) is 19.0 Å². The fourth-order valence-electron chi connectivity index (χ4n) is 1.39. The van der Waals surface area contributed by atoms with E-state index in [1.54, 1.807) is 0 Å². The van der Waals surface area contributed by atoms with Gasteiger partial charge in [0.05, 0.1) is 12.6 Å². The van der Waals surface area contributed by atoms with Gasteiger partial charge in [0.25, 0.3) is 0 Å². The van der Waals surface area contributed by atoms with Gasteiger partial charge in [0, 0.05) is 19.0 Å². The highest BCUT2D eigenvalue weighted by Gasteiger charge is 2.29. The van der Waals surface area contributed by atoms with Gasteiger partial charge in [-0.1, -0.05) is 0 Å². The molecule has 82 valence electrons. The normalized spacial score (nSPS) is 14.7. The highest BCUT2D eigenvalue weighted by Crippen LogP contribution is 2.26. The predicted octanol–water partition coefficient (Wildman–Crippen LogP) is -0.441. The van der Waals surface area contributed by atoms with Crippen LogP contribution < -0.4 is 11.1 Å². The SMILES string of the molecule is N#CCCN(CC(=O)NC(N)=O)C1CC1. The highest BCUT2D eigenvalue weighted by atomic mass is 16.2. The average Bonchev–Trinajstić information content (AvgIpc) is 2.93. The Bertz CT molecular complexity index is 293. The van der Waals surface area contributed by atoms with Crippen molar-refractivity contribution < 1.29 is 9.59 Å². The summed E-state index contributed by atoms with van der Waals surface area (Å²) in [5.74, 6) is -0.410. The number of primary amides is 1. The number of hydrogen-bond acceptors (Lipinski definition) is 4. The zero-order valence-corrected chi connectivity index (χ0v) is 8.40. The Morgan fingerprint density at radius 2 is 2.20 bits per heavy atom. The van der Waals surface area contributed by atoms with Gasteiger partial charge in [-0.15, -0.1) is 0 Å². The van der Waals surface area contributed by atoms with Crippen LogP contribution >= 0.6 is 0 Å². The second kappa shape index (κ2) is 5.32. The molecule has 0 aromatic carbocycles. The molecule has 0 heterocycles. The van der Waals surface area contributed by atoms with Gasteiger partial charge >= 0.3 is 6.03 Å². The summed E-state index contributed by atoms with van der Waals surface area (Å²) >= 11 is 0. The van der Waals surface area contributed by atoms with Crippen molar-refractivity contribution in [3.05, 3.63) is 0 Å². The summed E-state index contributed by atoms with van der Waals surface area (Å²) in [4.78, 5) is 23.5. The van der Waals surface area contributed by atoms with Crippen molar-refractivity contribution in [2.24, 2.45) is 5.73 Å². The molecule has 0 aliphatic heterocycles. The molecule has 15 heavy (non-hydrogen) atoms. The molecular formula is C9H14N4O2. The number of amides is 3. The molecule has 3 N–H and O–H groups in total. The standard InChI is InChI=1S/C9H14N4O2/c10-4-1-5-13(7-2-3-7)6-8(14)12-9(11)15/h7H,1-3,5-6H2,(H3,11,12,14,15). The molecule has 6 heteroatoms. The van der Waals surface area contributed by atoms with E-state index in [4.69, 9.17) is 11.0 Å². The van der Waals surface area contributed by atoms with E-state index in [1.807, 2.05) is 16.3 Å². The first-order valence-electron chi connectivity index (χ1n) is 4.83. The van der Waals surface area contributed by atoms with E-state index in [0.717, 1.165) is 12.8 Å². The molecule has 1 aliphatic carbocycles. The molecule has 0 atom stereocenters. The minimum atomic E-state index is -0.837. The monoisotopic (exact) mass is 210 g/mol. The molecule has 0 aromatic heterocycles. The quantitative estimate of drug-likeness (QED) is 0.642. The van der Waals surface area contributed by atoms with Gasteiger partial charge < -0.3 is 5.73 Å². The Hall–Kier alpha value is -1.61. The van der Waals surface area contributed by atoms with Crippen LogP contribution in [0.2, 0.25) is 0 Å². The van der Waals surface area contributed by atoms with E-state index in [9.17, 15) is 9.59 Å². The molecule has 1 saturated carbocycles. The third-order valence-electron chi connectivity index (χ3n) is 2.18. The topological polar surface area (TPSA) is 99.2 Å². The Kier molecular flexibility index (Phi) is 4.06. The first kappa shape index (κ1) is 11.5. The molecule has 0 bridgehead atoms. The van der Waals surface area contributed by atoms with Crippen LogP contribution in [-0.2, 0) is 4.79 Å². The van der Waals surface area contributed by atoms with Crippen LogP contribution in [0.4, 0.5) is 4.79 Å². The van der Waals surface area contributed by atoms with Gasteiger partial charge in [-0.25, -0.2) is 4.79 Å². The Morgan fingerprint density at radius 1 is 1.53 bits per heavy atom. The largest absolute Gasteiger partial charge is 0.351 e.